The van der Waals surface area contributed by atoms with Gasteiger partial charge in [-0.15, -0.1) is 0 Å². The summed E-state index contributed by atoms with van der Waals surface area (Å²) >= 11 is 0. The van der Waals surface area contributed by atoms with Crippen LogP contribution in [-0.2, 0) is 4.79 Å². The van der Waals surface area contributed by atoms with E-state index < -0.39 is 0 Å². The molecule has 0 fully saturated rings. The molecule has 3 rings (SSSR count). The summed E-state index contributed by atoms with van der Waals surface area (Å²) in [5, 5.41) is 9.31. The molecule has 0 saturated heterocycles. The molecular formula is C20H19N3O2. The Kier molecular flexibility index (Phi) is 5.26. The van der Waals surface area contributed by atoms with Crippen LogP contribution in [0.2, 0.25) is 0 Å². The van der Waals surface area contributed by atoms with Crippen LogP contribution in [0.1, 0.15) is 5.56 Å². The molecule has 0 aliphatic carbocycles. The van der Waals surface area contributed by atoms with Gasteiger partial charge in [-0.1, -0.05) is 42.5 Å². The minimum absolute atomic E-state index is 0.138. The highest BCUT2D eigenvalue weighted by atomic mass is 16.5. The van der Waals surface area contributed by atoms with Crippen molar-refractivity contribution in [3.05, 3.63) is 72.3 Å². The first-order chi connectivity index (χ1) is 12.3. The zero-order valence-corrected chi connectivity index (χ0v) is 13.9. The highest BCUT2D eigenvalue weighted by Gasteiger charge is 2.01. The van der Waals surface area contributed by atoms with Crippen molar-refractivity contribution in [3.63, 3.8) is 0 Å². The van der Waals surface area contributed by atoms with Crippen molar-refractivity contribution in [3.8, 4) is 5.75 Å². The van der Waals surface area contributed by atoms with E-state index in [1.54, 1.807) is 13.3 Å². The topological polar surface area (TPSA) is 62.7 Å². The van der Waals surface area contributed by atoms with Gasteiger partial charge in [-0.05, 0) is 35.0 Å². The Labute approximate surface area is 146 Å². The summed E-state index contributed by atoms with van der Waals surface area (Å²) in [6.45, 7) is 0.138. The highest BCUT2D eigenvalue weighted by Crippen LogP contribution is 2.17. The third-order valence-electron chi connectivity index (χ3n) is 3.76. The van der Waals surface area contributed by atoms with Gasteiger partial charge in [0.25, 0.3) is 5.91 Å². The number of carbonyl (C=O) groups excluding carboxylic acids is 1. The maximum atomic E-state index is 11.9. The molecule has 3 aromatic rings. The lowest BCUT2D eigenvalue weighted by Crippen LogP contribution is -2.25. The number of ether oxygens (including phenoxy) is 1. The van der Waals surface area contributed by atoms with Crippen molar-refractivity contribution in [2.24, 2.45) is 5.10 Å². The summed E-state index contributed by atoms with van der Waals surface area (Å²) in [6, 6.07) is 21.4. The quantitative estimate of drug-likeness (QED) is 0.537. The molecule has 3 aromatic carbocycles. The first-order valence-corrected chi connectivity index (χ1v) is 7.94. The fraction of sp³-hybridized carbons (Fsp3) is 0.100. The molecule has 0 unspecified atom stereocenters. The first-order valence-electron chi connectivity index (χ1n) is 7.94. The number of carbonyl (C=O) groups is 1. The van der Waals surface area contributed by atoms with Crippen LogP contribution in [-0.4, -0.2) is 25.8 Å². The van der Waals surface area contributed by atoms with Crippen molar-refractivity contribution in [1.82, 2.24) is 5.43 Å². The third kappa shape index (κ3) is 4.35. The number of rotatable bonds is 6. The predicted molar refractivity (Wildman–Crippen MR) is 101 cm³/mol. The predicted octanol–water partition coefficient (Wildman–Crippen LogP) is 3.41. The molecule has 0 radical (unpaired) electrons. The molecule has 1 amide bonds. The molecule has 0 aliphatic rings. The Morgan fingerprint density at radius 3 is 2.60 bits per heavy atom. The van der Waals surface area contributed by atoms with Crippen LogP contribution in [0.5, 0.6) is 5.75 Å². The van der Waals surface area contributed by atoms with E-state index in [2.05, 4.69) is 15.8 Å². The van der Waals surface area contributed by atoms with Crippen LogP contribution in [0.25, 0.3) is 10.8 Å². The van der Waals surface area contributed by atoms with E-state index >= 15 is 0 Å². The van der Waals surface area contributed by atoms with Crippen LogP contribution in [0.15, 0.2) is 71.8 Å². The molecule has 0 aromatic heterocycles. The number of hydrogen-bond donors (Lipinski definition) is 2. The van der Waals surface area contributed by atoms with Crippen LogP contribution >= 0.6 is 0 Å². The number of nitrogens with zero attached hydrogens (tertiary/aromatic N) is 1. The average molecular weight is 333 g/mol. The lowest BCUT2D eigenvalue weighted by atomic mass is 10.1. The maximum Gasteiger partial charge on any atom is 0.259 e. The standard InChI is InChI=1S/C20H19N3O2/c1-25-18-11-9-17(10-12-18)21-14-20(24)23-22-13-16-7-4-6-15-5-2-3-8-19(15)16/h2-13,21H,14H2,1H3,(H,23,24)/b22-13-. The van der Waals surface area contributed by atoms with Crippen LogP contribution in [0.3, 0.4) is 0 Å². The Hall–Kier alpha value is -3.34. The zero-order chi connectivity index (χ0) is 17.5. The molecule has 0 spiro atoms. The van der Waals surface area contributed by atoms with Crippen molar-refractivity contribution in [1.29, 1.82) is 0 Å². The smallest absolute Gasteiger partial charge is 0.259 e. The monoisotopic (exact) mass is 333 g/mol. The van der Waals surface area contributed by atoms with Crippen LogP contribution < -0.4 is 15.5 Å². The highest BCUT2D eigenvalue weighted by molar-refractivity contribution is 6.00. The Morgan fingerprint density at radius 1 is 1.04 bits per heavy atom. The van der Waals surface area contributed by atoms with Gasteiger partial charge in [-0.25, -0.2) is 5.43 Å². The molecule has 0 heterocycles. The number of hydrogen-bond acceptors (Lipinski definition) is 4. The minimum Gasteiger partial charge on any atom is -0.497 e. The summed E-state index contributed by atoms with van der Waals surface area (Å²) in [7, 11) is 1.61. The molecule has 0 atom stereocenters. The van der Waals surface area contributed by atoms with Gasteiger partial charge in [0.2, 0.25) is 0 Å². The number of fused-ring (bicyclic) bond motifs is 1. The molecular weight excluding hydrogens is 314 g/mol. The lowest BCUT2D eigenvalue weighted by molar-refractivity contribution is -0.119. The number of amides is 1. The second-order valence-corrected chi connectivity index (χ2v) is 5.44. The van der Waals surface area contributed by atoms with Gasteiger partial charge in [0.1, 0.15) is 5.75 Å². The normalized spacial score (nSPS) is 10.8. The van der Waals surface area contributed by atoms with E-state index in [1.165, 1.54) is 0 Å². The van der Waals surface area contributed by atoms with E-state index in [0.29, 0.717) is 0 Å². The van der Waals surface area contributed by atoms with E-state index in [4.69, 9.17) is 4.74 Å². The fourth-order valence-corrected chi connectivity index (χ4v) is 2.47. The van der Waals surface area contributed by atoms with Crippen LogP contribution in [0.4, 0.5) is 5.69 Å². The van der Waals surface area contributed by atoms with Crippen molar-refractivity contribution in [2.45, 2.75) is 0 Å². The van der Waals surface area contributed by atoms with Gasteiger partial charge in [-0.2, -0.15) is 5.10 Å². The van der Waals surface area contributed by atoms with Gasteiger partial charge in [-0.3, -0.25) is 4.79 Å². The summed E-state index contributed by atoms with van der Waals surface area (Å²) in [6.07, 6.45) is 1.66. The summed E-state index contributed by atoms with van der Waals surface area (Å²) in [4.78, 5) is 11.9. The van der Waals surface area contributed by atoms with Gasteiger partial charge < -0.3 is 10.1 Å². The van der Waals surface area contributed by atoms with E-state index in [1.807, 2.05) is 66.7 Å². The molecule has 0 aliphatic heterocycles. The lowest BCUT2D eigenvalue weighted by Gasteiger charge is -2.06. The number of hydrazone groups is 1. The summed E-state index contributed by atoms with van der Waals surface area (Å²) in [5.41, 5.74) is 4.33. The molecule has 0 saturated carbocycles. The Morgan fingerprint density at radius 2 is 1.80 bits per heavy atom. The largest absolute Gasteiger partial charge is 0.497 e. The van der Waals surface area contributed by atoms with E-state index in [0.717, 1.165) is 27.8 Å². The van der Waals surface area contributed by atoms with Gasteiger partial charge in [0.15, 0.2) is 0 Å². The van der Waals surface area contributed by atoms with Gasteiger partial charge in [0.05, 0.1) is 19.9 Å². The third-order valence-corrected chi connectivity index (χ3v) is 3.76. The molecule has 5 heteroatoms. The zero-order valence-electron chi connectivity index (χ0n) is 13.9. The van der Waals surface area contributed by atoms with Gasteiger partial charge in [0, 0.05) is 11.3 Å². The summed E-state index contributed by atoms with van der Waals surface area (Å²) in [5.74, 6) is 0.557. The number of nitrogens with one attached hydrogen (secondary N) is 2. The fourth-order valence-electron chi connectivity index (χ4n) is 2.47. The number of methoxy groups -OCH3 is 1. The van der Waals surface area contributed by atoms with E-state index in [-0.39, 0.29) is 12.5 Å². The second kappa shape index (κ2) is 7.97. The maximum absolute atomic E-state index is 11.9. The summed E-state index contributed by atoms with van der Waals surface area (Å²) < 4.78 is 5.09. The molecule has 5 nitrogen and oxygen atoms in total. The first kappa shape index (κ1) is 16.5. The Bertz CT molecular complexity index is 884. The van der Waals surface area contributed by atoms with Crippen molar-refractivity contribution in [2.75, 3.05) is 19.0 Å². The van der Waals surface area contributed by atoms with E-state index in [9.17, 15) is 4.79 Å². The minimum atomic E-state index is -0.215. The average Bonchev–Trinajstić information content (AvgIpc) is 2.67. The van der Waals surface area contributed by atoms with Gasteiger partial charge >= 0.3 is 0 Å². The molecule has 25 heavy (non-hydrogen) atoms. The second-order valence-electron chi connectivity index (χ2n) is 5.44. The number of anilines is 1. The molecule has 0 bridgehead atoms. The molecule has 2 N–H and O–H groups in total. The van der Waals surface area contributed by atoms with Crippen molar-refractivity contribution < 1.29 is 9.53 Å². The molecule has 126 valence electrons. The van der Waals surface area contributed by atoms with Crippen molar-refractivity contribution >= 4 is 28.6 Å². The number of benzene rings is 3. The SMILES string of the molecule is COc1ccc(NCC(=O)N/N=C\c2cccc3ccccc23)cc1. The Balaban J connectivity index is 1.55. The van der Waals surface area contributed by atoms with Crippen LogP contribution in [0, 0.1) is 0 Å².